The van der Waals surface area contributed by atoms with Crippen molar-refractivity contribution >= 4 is 35.5 Å². The normalized spacial score (nSPS) is 16.2. The minimum absolute atomic E-state index is 0.507. The summed E-state index contributed by atoms with van der Waals surface area (Å²) in [5.74, 6) is 1.68. The third kappa shape index (κ3) is 5.29. The molecule has 0 aromatic heterocycles. The number of hydrogen-bond donors (Lipinski definition) is 0. The average molecular weight is 964 g/mol. The molecule has 3 nitrogen and oxygen atoms in total. The van der Waals surface area contributed by atoms with E-state index in [1.54, 1.807) is 0 Å². The van der Waals surface area contributed by atoms with Crippen LogP contribution >= 0.6 is 7.80 Å². The number of ether oxygens (including phenoxy) is 1. The summed E-state index contributed by atoms with van der Waals surface area (Å²) in [6.07, 6.45) is 0. The molecule has 11 aromatic carbocycles. The van der Waals surface area contributed by atoms with Gasteiger partial charge in [0.15, 0.2) is 11.5 Å². The van der Waals surface area contributed by atoms with E-state index in [-0.39, 0.29) is 0 Å². The zero-order valence-electron chi connectivity index (χ0n) is 40.8. The molecule has 0 fully saturated rings. The van der Waals surface area contributed by atoms with Crippen molar-refractivity contribution in [1.82, 2.24) is 0 Å². The molecule has 0 radical (unpaired) electrons. The molecule has 0 saturated carbocycles. The Hall–Kier alpha value is -8.75. The molecule has 0 saturated heterocycles. The Balaban J connectivity index is 0.854. The molecule has 0 bridgehead atoms. The second kappa shape index (κ2) is 15.2. The Kier molecular flexibility index (Phi) is 8.56. The third-order valence-electron chi connectivity index (χ3n) is 17.1. The summed E-state index contributed by atoms with van der Waals surface area (Å²) in [6, 6.07) is 86.4. The van der Waals surface area contributed by atoms with Crippen LogP contribution in [0.15, 0.2) is 237 Å². The highest BCUT2D eigenvalue weighted by atomic mass is 31.1. The predicted octanol–water partition coefficient (Wildman–Crippen LogP) is 16.7. The molecule has 16 rings (SSSR count). The maximum Gasteiger partial charge on any atom is 0.151 e. The van der Waals surface area contributed by atoms with Crippen LogP contribution in [0.3, 0.4) is 0 Å². The summed E-state index contributed by atoms with van der Waals surface area (Å²) in [6.45, 7) is 4.46. The highest BCUT2D eigenvalue weighted by molar-refractivity contribution is 7.61. The Morgan fingerprint density at radius 3 is 1.15 bits per heavy atom. The van der Waals surface area contributed by atoms with Crippen molar-refractivity contribution in [2.75, 3.05) is 4.90 Å². The minimum atomic E-state index is -2.53. The standard InChI is InChI=1S/C70H46NO2P/c1-42-38-66(71-64-27-13-15-29-67(64)73-68-30-16-14-28-65(68)71)43(2)37-55(42)44-31-34-52-49-19-6-11-25-59(49)70(61(52)39-44)60-26-12-7-21-51(60)54-36-33-46(41-63(54)70)74(72)45-32-35-53-50-20-5-10-24-58(50)69(62(53)40-45)56-22-8-3-17-47(56)48-18-4-9-23-57(48)69/h3-41,74H,1-2H3. The van der Waals surface area contributed by atoms with E-state index >= 15 is 4.57 Å². The third-order valence-corrected chi connectivity index (χ3v) is 18.8. The van der Waals surface area contributed by atoms with Crippen LogP contribution < -0.4 is 20.2 Å². The quantitative estimate of drug-likeness (QED) is 0.165. The van der Waals surface area contributed by atoms with Crippen LogP contribution in [-0.2, 0) is 15.4 Å². The van der Waals surface area contributed by atoms with Crippen molar-refractivity contribution in [3.63, 3.8) is 0 Å². The van der Waals surface area contributed by atoms with Crippen LogP contribution in [0.2, 0.25) is 0 Å². The first-order valence-electron chi connectivity index (χ1n) is 25.7. The van der Waals surface area contributed by atoms with E-state index in [4.69, 9.17) is 4.74 Å². The zero-order valence-corrected chi connectivity index (χ0v) is 41.8. The van der Waals surface area contributed by atoms with E-state index in [9.17, 15) is 0 Å². The molecule has 348 valence electrons. The minimum Gasteiger partial charge on any atom is -0.453 e. The molecule has 2 unspecified atom stereocenters. The Morgan fingerprint density at radius 2 is 0.689 bits per heavy atom. The van der Waals surface area contributed by atoms with Crippen LogP contribution in [0, 0.1) is 13.8 Å². The SMILES string of the molecule is Cc1cc(N2c3ccccc3Oc3ccccc32)c(C)cc1-c1ccc2c(c1)C1(c3ccccc3-2)c2ccccc2-c2ccc([PH](=O)c3ccc4c(c3)C3(c5ccccc5-c5ccccc53)c3ccccc3-4)cc21. The number of fused-ring (bicyclic) bond motifs is 22. The number of hydrogen-bond acceptors (Lipinski definition) is 3. The first kappa shape index (κ1) is 41.8. The maximum atomic E-state index is 15.7. The monoisotopic (exact) mass is 963 g/mol. The number of aryl methyl sites for hydroxylation is 2. The number of benzene rings is 11. The van der Waals surface area contributed by atoms with Gasteiger partial charge in [-0.2, -0.15) is 0 Å². The lowest BCUT2D eigenvalue weighted by Gasteiger charge is -2.34. The lowest BCUT2D eigenvalue weighted by molar-refractivity contribution is 0.477. The average Bonchev–Trinajstić information content (AvgIpc) is 4.13. The van der Waals surface area contributed by atoms with Crippen molar-refractivity contribution in [2.24, 2.45) is 0 Å². The molecule has 74 heavy (non-hydrogen) atoms. The van der Waals surface area contributed by atoms with E-state index < -0.39 is 18.6 Å². The molecule has 4 aliphatic carbocycles. The lowest BCUT2D eigenvalue weighted by Crippen LogP contribution is -2.27. The van der Waals surface area contributed by atoms with Crippen LogP contribution in [0.1, 0.15) is 55.6 Å². The molecule has 5 aliphatic rings. The molecule has 1 aliphatic heterocycles. The van der Waals surface area contributed by atoms with E-state index in [1.165, 1.54) is 111 Å². The van der Waals surface area contributed by atoms with Gasteiger partial charge in [-0.05, 0) is 180 Å². The molecular weight excluding hydrogens is 918 g/mol. The van der Waals surface area contributed by atoms with Crippen LogP contribution in [0.4, 0.5) is 17.1 Å². The van der Waals surface area contributed by atoms with Gasteiger partial charge in [0.1, 0.15) is 7.80 Å². The van der Waals surface area contributed by atoms with Crippen LogP contribution in [0.25, 0.3) is 55.6 Å². The van der Waals surface area contributed by atoms with Crippen LogP contribution in [-0.4, -0.2) is 0 Å². The highest BCUT2D eigenvalue weighted by Crippen LogP contribution is 2.65. The number of nitrogens with zero attached hydrogens (tertiary/aromatic N) is 1. The fraction of sp³-hybridized carbons (Fsp3) is 0.0571. The largest absolute Gasteiger partial charge is 0.453 e. The highest BCUT2D eigenvalue weighted by Gasteiger charge is 2.53. The zero-order chi connectivity index (χ0) is 49.0. The Labute approximate surface area is 431 Å². The fourth-order valence-corrected chi connectivity index (χ4v) is 15.5. The molecule has 2 atom stereocenters. The van der Waals surface area contributed by atoms with Gasteiger partial charge in [-0.1, -0.05) is 182 Å². The second-order valence-corrected chi connectivity index (χ2v) is 22.5. The first-order chi connectivity index (χ1) is 36.4. The van der Waals surface area contributed by atoms with Gasteiger partial charge in [-0.15, -0.1) is 0 Å². The summed E-state index contributed by atoms with van der Waals surface area (Å²) >= 11 is 0. The van der Waals surface area contributed by atoms with E-state index in [0.717, 1.165) is 39.2 Å². The molecule has 11 aromatic rings. The van der Waals surface area contributed by atoms with Crippen molar-refractivity contribution in [2.45, 2.75) is 24.7 Å². The first-order valence-corrected chi connectivity index (χ1v) is 27.1. The van der Waals surface area contributed by atoms with Gasteiger partial charge in [0.25, 0.3) is 0 Å². The van der Waals surface area contributed by atoms with Gasteiger partial charge in [0, 0.05) is 16.3 Å². The Morgan fingerprint density at radius 1 is 0.324 bits per heavy atom. The van der Waals surface area contributed by atoms with Crippen molar-refractivity contribution < 1.29 is 9.30 Å². The summed E-state index contributed by atoms with van der Waals surface area (Å²) in [5, 5.41) is 1.74. The molecule has 1 heterocycles. The van der Waals surface area contributed by atoms with Gasteiger partial charge in [-0.3, -0.25) is 0 Å². The van der Waals surface area contributed by atoms with Crippen molar-refractivity contribution in [1.29, 1.82) is 0 Å². The predicted molar refractivity (Wildman–Crippen MR) is 303 cm³/mol. The van der Waals surface area contributed by atoms with Crippen molar-refractivity contribution in [3.8, 4) is 67.1 Å². The lowest BCUT2D eigenvalue weighted by atomic mass is 9.70. The molecule has 0 amide bonds. The Bertz CT molecular complexity index is 4200. The fourth-order valence-electron chi connectivity index (χ4n) is 14.2. The molecule has 2 spiro atoms. The summed E-state index contributed by atoms with van der Waals surface area (Å²) < 4.78 is 22.2. The smallest absolute Gasteiger partial charge is 0.151 e. The van der Waals surface area contributed by atoms with Gasteiger partial charge >= 0.3 is 0 Å². The molecule has 4 heteroatoms. The van der Waals surface area contributed by atoms with E-state index in [0.29, 0.717) is 0 Å². The summed E-state index contributed by atoms with van der Waals surface area (Å²) in [4.78, 5) is 2.34. The number of rotatable bonds is 4. The number of para-hydroxylation sites is 4. The number of anilines is 3. The second-order valence-electron chi connectivity index (χ2n) is 20.7. The van der Waals surface area contributed by atoms with Crippen LogP contribution in [0.5, 0.6) is 11.5 Å². The van der Waals surface area contributed by atoms with Gasteiger partial charge < -0.3 is 14.2 Å². The summed E-state index contributed by atoms with van der Waals surface area (Å²) in [5.41, 5.74) is 26.7. The van der Waals surface area contributed by atoms with E-state index in [2.05, 4.69) is 231 Å². The topological polar surface area (TPSA) is 29.5 Å². The van der Waals surface area contributed by atoms with Gasteiger partial charge in [0.2, 0.25) is 0 Å². The van der Waals surface area contributed by atoms with Gasteiger partial charge in [-0.25, -0.2) is 0 Å². The molecule has 0 N–H and O–H groups in total. The van der Waals surface area contributed by atoms with Gasteiger partial charge in [0.05, 0.1) is 22.2 Å². The summed E-state index contributed by atoms with van der Waals surface area (Å²) in [7, 11) is -2.53. The molecular formula is C70H46NO2P. The van der Waals surface area contributed by atoms with E-state index in [1.807, 2.05) is 24.3 Å². The maximum absolute atomic E-state index is 15.7. The van der Waals surface area contributed by atoms with Crippen molar-refractivity contribution in [3.05, 3.63) is 292 Å².